The summed E-state index contributed by atoms with van der Waals surface area (Å²) in [5, 5.41) is 2.68. The fourth-order valence-corrected chi connectivity index (χ4v) is 5.83. The average Bonchev–Trinajstić information content (AvgIpc) is 3.42. The molecule has 36 heavy (non-hydrogen) atoms. The quantitative estimate of drug-likeness (QED) is 0.432. The molecule has 10 heteroatoms. The van der Waals surface area contributed by atoms with Crippen LogP contribution in [0.2, 0.25) is 0 Å². The summed E-state index contributed by atoms with van der Waals surface area (Å²) in [6.07, 6.45) is 3.73. The molecule has 0 unspecified atom stereocenters. The summed E-state index contributed by atoms with van der Waals surface area (Å²) in [4.78, 5) is 28.6. The first-order valence-corrected chi connectivity index (χ1v) is 14.1. The van der Waals surface area contributed by atoms with Gasteiger partial charge in [-0.1, -0.05) is 18.2 Å². The largest absolute Gasteiger partial charge is 0.339 e. The molecule has 0 aromatic heterocycles. The number of carbonyl (C=O) groups is 2. The zero-order valence-electron chi connectivity index (χ0n) is 19.7. The van der Waals surface area contributed by atoms with E-state index in [0.29, 0.717) is 24.3 Å². The molecule has 0 saturated carbocycles. The predicted molar refractivity (Wildman–Crippen MR) is 139 cm³/mol. The Kier molecular flexibility index (Phi) is 7.95. The van der Waals surface area contributed by atoms with Gasteiger partial charge in [-0.05, 0) is 73.7 Å². The lowest BCUT2D eigenvalue weighted by Gasteiger charge is -2.24. The second kappa shape index (κ2) is 11.1. The van der Waals surface area contributed by atoms with Crippen molar-refractivity contribution in [1.82, 2.24) is 4.90 Å². The van der Waals surface area contributed by atoms with Gasteiger partial charge in [-0.3, -0.25) is 13.9 Å². The first-order valence-electron chi connectivity index (χ1n) is 11.4. The molecule has 3 aromatic rings. The van der Waals surface area contributed by atoms with Gasteiger partial charge in [0.05, 0.1) is 21.8 Å². The van der Waals surface area contributed by atoms with Crippen LogP contribution in [0.15, 0.2) is 82.6 Å². The van der Waals surface area contributed by atoms with Crippen LogP contribution in [0.4, 0.5) is 15.8 Å². The monoisotopic (exact) mass is 527 g/mol. The number of halogens is 1. The zero-order chi connectivity index (χ0) is 25.7. The Balaban J connectivity index is 1.62. The number of amides is 2. The van der Waals surface area contributed by atoms with Crippen molar-refractivity contribution in [2.75, 3.05) is 35.5 Å². The number of sulfonamides is 1. The van der Waals surface area contributed by atoms with Gasteiger partial charge in [0.15, 0.2) is 0 Å². The molecule has 4 rings (SSSR count). The van der Waals surface area contributed by atoms with Crippen molar-refractivity contribution >= 4 is 45.0 Å². The van der Waals surface area contributed by atoms with Crippen molar-refractivity contribution in [3.8, 4) is 0 Å². The molecule has 0 radical (unpaired) electrons. The van der Waals surface area contributed by atoms with E-state index in [4.69, 9.17) is 0 Å². The highest BCUT2D eigenvalue weighted by atomic mass is 32.2. The lowest BCUT2D eigenvalue weighted by molar-refractivity contribution is -0.114. The normalized spacial score (nSPS) is 13.4. The van der Waals surface area contributed by atoms with Gasteiger partial charge in [0.2, 0.25) is 5.91 Å². The fourth-order valence-electron chi connectivity index (χ4n) is 4.01. The van der Waals surface area contributed by atoms with E-state index in [-0.39, 0.29) is 16.5 Å². The van der Waals surface area contributed by atoms with Gasteiger partial charge in [0, 0.05) is 18.0 Å². The maximum atomic E-state index is 14.0. The molecular formula is C26H26FN3O4S2. The van der Waals surface area contributed by atoms with Crippen molar-refractivity contribution in [2.45, 2.75) is 22.6 Å². The molecule has 0 bridgehead atoms. The van der Waals surface area contributed by atoms with Crippen LogP contribution in [0.3, 0.4) is 0 Å². The van der Waals surface area contributed by atoms with Crippen molar-refractivity contribution in [2.24, 2.45) is 0 Å². The van der Waals surface area contributed by atoms with Gasteiger partial charge in [-0.25, -0.2) is 12.8 Å². The summed E-state index contributed by atoms with van der Waals surface area (Å²) in [7, 11) is -4.20. The van der Waals surface area contributed by atoms with Crippen molar-refractivity contribution in [1.29, 1.82) is 0 Å². The Hall–Kier alpha value is -3.37. The van der Waals surface area contributed by atoms with E-state index < -0.39 is 28.3 Å². The third kappa shape index (κ3) is 5.71. The van der Waals surface area contributed by atoms with Crippen LogP contribution in [0.1, 0.15) is 23.2 Å². The molecule has 1 heterocycles. The number of benzene rings is 3. The first kappa shape index (κ1) is 25.7. The Morgan fingerprint density at radius 3 is 2.36 bits per heavy atom. The van der Waals surface area contributed by atoms with Crippen LogP contribution in [0.25, 0.3) is 0 Å². The van der Waals surface area contributed by atoms with Gasteiger partial charge in [0.1, 0.15) is 12.4 Å². The standard InChI is InChI=1S/C26H26FN3O4S2/c1-35-21-11-13-22(14-12-21)36(33,34)30(20-8-6-7-19(27)17-20)18-25(31)28-24-10-3-2-9-23(24)26(32)29-15-4-5-16-29/h2-3,6-14,17H,4-5,15-16,18H2,1H3,(H,28,31). The number of likely N-dealkylation sites (tertiary alicyclic amines) is 1. The minimum atomic E-state index is -4.20. The van der Waals surface area contributed by atoms with Crippen LogP contribution in [-0.2, 0) is 14.8 Å². The lowest BCUT2D eigenvalue weighted by Crippen LogP contribution is -2.38. The summed E-state index contributed by atoms with van der Waals surface area (Å²) >= 11 is 1.47. The zero-order valence-corrected chi connectivity index (χ0v) is 21.3. The molecule has 1 aliphatic heterocycles. The van der Waals surface area contributed by atoms with Crippen LogP contribution in [-0.4, -0.2) is 51.0 Å². The van der Waals surface area contributed by atoms with Crippen LogP contribution in [0.5, 0.6) is 0 Å². The molecule has 3 aromatic carbocycles. The van der Waals surface area contributed by atoms with Gasteiger partial charge in [0.25, 0.3) is 15.9 Å². The third-order valence-corrected chi connectivity index (χ3v) is 8.39. The van der Waals surface area contributed by atoms with Gasteiger partial charge >= 0.3 is 0 Å². The van der Waals surface area contributed by atoms with Gasteiger partial charge in [-0.2, -0.15) is 0 Å². The molecule has 2 amide bonds. The number of hydrogen-bond acceptors (Lipinski definition) is 5. The maximum Gasteiger partial charge on any atom is 0.264 e. The third-order valence-electron chi connectivity index (χ3n) is 5.86. The van der Waals surface area contributed by atoms with Crippen molar-refractivity contribution in [3.63, 3.8) is 0 Å². The van der Waals surface area contributed by atoms with Gasteiger partial charge < -0.3 is 10.2 Å². The molecule has 1 fully saturated rings. The summed E-state index contributed by atoms with van der Waals surface area (Å²) in [6.45, 7) is 0.701. The second-order valence-corrected chi connectivity index (χ2v) is 11.0. The summed E-state index contributed by atoms with van der Waals surface area (Å²) in [5.74, 6) is -1.48. The highest BCUT2D eigenvalue weighted by Crippen LogP contribution is 2.27. The van der Waals surface area contributed by atoms with E-state index in [1.807, 2.05) is 6.26 Å². The van der Waals surface area contributed by atoms with E-state index in [9.17, 15) is 22.4 Å². The Labute approximate surface area is 214 Å². The first-order chi connectivity index (χ1) is 17.3. The van der Waals surface area contributed by atoms with E-state index in [0.717, 1.165) is 28.1 Å². The molecule has 0 spiro atoms. The Morgan fingerprint density at radius 1 is 1.00 bits per heavy atom. The summed E-state index contributed by atoms with van der Waals surface area (Å²) in [6, 6.07) is 17.9. The predicted octanol–water partition coefficient (Wildman–Crippen LogP) is 4.62. The van der Waals surface area contributed by atoms with Crippen LogP contribution >= 0.6 is 11.8 Å². The molecule has 0 aliphatic carbocycles. The number of carbonyl (C=O) groups excluding carboxylic acids is 2. The van der Waals surface area contributed by atoms with Crippen LogP contribution in [0, 0.1) is 5.82 Å². The van der Waals surface area contributed by atoms with Gasteiger partial charge in [-0.15, -0.1) is 11.8 Å². The van der Waals surface area contributed by atoms with E-state index in [1.165, 1.54) is 42.1 Å². The molecular weight excluding hydrogens is 501 g/mol. The highest BCUT2D eigenvalue weighted by molar-refractivity contribution is 7.98. The smallest absolute Gasteiger partial charge is 0.264 e. The van der Waals surface area contributed by atoms with Crippen molar-refractivity contribution in [3.05, 3.63) is 84.2 Å². The number of nitrogens with zero attached hydrogens (tertiary/aromatic N) is 2. The van der Waals surface area contributed by atoms with Crippen LogP contribution < -0.4 is 9.62 Å². The lowest BCUT2D eigenvalue weighted by atomic mass is 10.1. The van der Waals surface area contributed by atoms with E-state index in [1.54, 1.807) is 41.3 Å². The second-order valence-electron chi connectivity index (χ2n) is 8.26. The SMILES string of the molecule is CSc1ccc(S(=O)(=O)N(CC(=O)Nc2ccccc2C(=O)N2CCCC2)c2cccc(F)c2)cc1. The molecule has 1 saturated heterocycles. The molecule has 188 valence electrons. The Morgan fingerprint density at radius 2 is 1.69 bits per heavy atom. The Bertz CT molecular complexity index is 1360. The summed E-state index contributed by atoms with van der Waals surface area (Å²) < 4.78 is 42.0. The number of nitrogens with one attached hydrogen (secondary N) is 1. The topological polar surface area (TPSA) is 86.8 Å². The minimum Gasteiger partial charge on any atom is -0.339 e. The average molecular weight is 528 g/mol. The number of rotatable bonds is 8. The molecule has 0 atom stereocenters. The fraction of sp³-hybridized carbons (Fsp3) is 0.231. The minimum absolute atomic E-state index is 0.0144. The number of thioether (sulfide) groups is 1. The molecule has 7 nitrogen and oxygen atoms in total. The number of hydrogen-bond donors (Lipinski definition) is 1. The highest BCUT2D eigenvalue weighted by Gasteiger charge is 2.28. The van der Waals surface area contributed by atoms with E-state index in [2.05, 4.69) is 5.32 Å². The number of anilines is 2. The molecule has 1 aliphatic rings. The van der Waals surface area contributed by atoms with Crippen molar-refractivity contribution < 1.29 is 22.4 Å². The molecule has 1 N–H and O–H groups in total. The number of para-hydroxylation sites is 1. The van der Waals surface area contributed by atoms with E-state index >= 15 is 0 Å². The summed E-state index contributed by atoms with van der Waals surface area (Å²) in [5.41, 5.74) is 0.640. The maximum absolute atomic E-state index is 14.0.